The van der Waals surface area contributed by atoms with E-state index in [2.05, 4.69) is 26.6 Å². The summed E-state index contributed by atoms with van der Waals surface area (Å²) in [6.07, 6.45) is 1.97. The Bertz CT molecular complexity index is 1150. The molecule has 31 heavy (non-hydrogen) atoms. The van der Waals surface area contributed by atoms with Crippen molar-refractivity contribution in [2.24, 2.45) is 4.99 Å². The smallest absolute Gasteiger partial charge is 0.263 e. The van der Waals surface area contributed by atoms with E-state index in [-0.39, 0.29) is 36.1 Å². The van der Waals surface area contributed by atoms with Crippen molar-refractivity contribution in [1.82, 2.24) is 15.6 Å². The summed E-state index contributed by atoms with van der Waals surface area (Å²) in [6, 6.07) is 14.5. The monoisotopic (exact) mass is 441 g/mol. The molecule has 2 heterocycles. The molecule has 0 aliphatic carbocycles. The van der Waals surface area contributed by atoms with Crippen molar-refractivity contribution in [3.05, 3.63) is 59.7 Å². The molecule has 0 radical (unpaired) electrons. The van der Waals surface area contributed by atoms with Gasteiger partial charge in [0.05, 0.1) is 18.0 Å². The normalized spacial score (nSPS) is 17.4. The fourth-order valence-electron chi connectivity index (χ4n) is 3.71. The van der Waals surface area contributed by atoms with Gasteiger partial charge in [0, 0.05) is 24.2 Å². The van der Waals surface area contributed by atoms with Gasteiger partial charge in [-0.05, 0) is 36.6 Å². The molecule has 0 saturated carbocycles. The maximum atomic E-state index is 12.2. The molecule has 0 unspecified atom stereocenters. The molecule has 0 aromatic heterocycles. The minimum Gasteiger partial charge on any atom is -0.362 e. The highest BCUT2D eigenvalue weighted by Crippen LogP contribution is 2.26. The number of hydrogen-bond donors (Lipinski definition) is 3. The molecule has 0 fully saturated rings. The van der Waals surface area contributed by atoms with Gasteiger partial charge < -0.3 is 4.90 Å². The van der Waals surface area contributed by atoms with Crippen LogP contribution in [0.15, 0.2) is 58.4 Å². The predicted octanol–water partition coefficient (Wildman–Crippen LogP) is 0.715. The van der Waals surface area contributed by atoms with E-state index in [0.717, 1.165) is 25.1 Å². The van der Waals surface area contributed by atoms with E-state index in [1.54, 1.807) is 18.2 Å². The Kier molecular flexibility index (Phi) is 5.90. The molecule has 0 atom stereocenters. The van der Waals surface area contributed by atoms with Crippen molar-refractivity contribution in [3.8, 4) is 0 Å². The molecule has 162 valence electrons. The molecule has 4 rings (SSSR count). The second-order valence-electron chi connectivity index (χ2n) is 7.33. The standard InChI is InChI=1S/C21H23N5O4S/c27-19(11-12-22-21-16-8-2-4-10-18(16)31(29,30)25-21)23-24-20(28)14-26-13-5-7-15-6-1-3-9-17(15)26/h1-4,6,8-10H,5,7,11-14H2,(H,22,25)(H,23,27)(H,24,28). The first kappa shape index (κ1) is 20.9. The topological polar surface area (TPSA) is 120 Å². The van der Waals surface area contributed by atoms with Crippen LogP contribution in [0.4, 0.5) is 5.69 Å². The Balaban J connectivity index is 1.25. The highest BCUT2D eigenvalue weighted by Gasteiger charge is 2.30. The SMILES string of the molecule is O=C(CCN=C1NS(=O)(=O)c2ccccc21)NNC(=O)CN1CCCc2ccccc21. The summed E-state index contributed by atoms with van der Waals surface area (Å²) in [5, 5.41) is 0. The highest BCUT2D eigenvalue weighted by atomic mass is 32.2. The van der Waals surface area contributed by atoms with E-state index >= 15 is 0 Å². The van der Waals surface area contributed by atoms with Crippen LogP contribution in [0.25, 0.3) is 0 Å². The van der Waals surface area contributed by atoms with Gasteiger partial charge >= 0.3 is 0 Å². The number of nitrogens with one attached hydrogen (secondary N) is 3. The number of carbonyl (C=O) groups excluding carboxylic acids is 2. The van der Waals surface area contributed by atoms with E-state index < -0.39 is 15.9 Å². The van der Waals surface area contributed by atoms with Crippen LogP contribution in [0.1, 0.15) is 24.0 Å². The fourth-order valence-corrected chi connectivity index (χ4v) is 4.96. The van der Waals surface area contributed by atoms with Crippen LogP contribution >= 0.6 is 0 Å². The van der Waals surface area contributed by atoms with Crippen molar-refractivity contribution in [2.45, 2.75) is 24.2 Å². The highest BCUT2D eigenvalue weighted by molar-refractivity contribution is 7.90. The fraction of sp³-hybridized carbons (Fsp3) is 0.286. The van der Waals surface area contributed by atoms with Gasteiger partial charge in [0.25, 0.3) is 15.9 Å². The summed E-state index contributed by atoms with van der Waals surface area (Å²) < 4.78 is 26.5. The van der Waals surface area contributed by atoms with E-state index in [0.29, 0.717) is 5.56 Å². The number of nitrogens with zero attached hydrogens (tertiary/aromatic N) is 2. The van der Waals surface area contributed by atoms with Gasteiger partial charge in [-0.3, -0.25) is 30.2 Å². The molecular weight excluding hydrogens is 418 g/mol. The molecule has 2 aromatic rings. The molecule has 10 heteroatoms. The van der Waals surface area contributed by atoms with Gasteiger partial charge in [-0.1, -0.05) is 30.3 Å². The lowest BCUT2D eigenvalue weighted by Gasteiger charge is -2.30. The molecule has 9 nitrogen and oxygen atoms in total. The summed E-state index contributed by atoms with van der Waals surface area (Å²) in [4.78, 5) is 30.6. The van der Waals surface area contributed by atoms with Crippen LogP contribution in [0.5, 0.6) is 0 Å². The second-order valence-corrected chi connectivity index (χ2v) is 8.98. The lowest BCUT2D eigenvalue weighted by atomic mass is 10.0. The third-order valence-corrected chi connectivity index (χ3v) is 6.55. The average Bonchev–Trinajstić information content (AvgIpc) is 3.03. The van der Waals surface area contributed by atoms with Crippen molar-refractivity contribution >= 4 is 33.4 Å². The third kappa shape index (κ3) is 4.69. The number of rotatable bonds is 5. The number of hydrogen-bond acceptors (Lipinski definition) is 6. The lowest BCUT2D eigenvalue weighted by Crippen LogP contribution is -2.47. The number of anilines is 1. The van der Waals surface area contributed by atoms with Gasteiger partial charge in [0.2, 0.25) is 5.91 Å². The number of hydrazine groups is 1. The maximum absolute atomic E-state index is 12.2. The quantitative estimate of drug-likeness (QED) is 0.591. The van der Waals surface area contributed by atoms with Gasteiger partial charge in [-0.15, -0.1) is 0 Å². The van der Waals surface area contributed by atoms with Crippen molar-refractivity contribution < 1.29 is 18.0 Å². The van der Waals surface area contributed by atoms with Crippen LogP contribution in [0, 0.1) is 0 Å². The summed E-state index contributed by atoms with van der Waals surface area (Å²) in [5.74, 6) is -0.504. The third-order valence-electron chi connectivity index (χ3n) is 5.15. The molecule has 0 saturated heterocycles. The van der Waals surface area contributed by atoms with Crippen molar-refractivity contribution in [1.29, 1.82) is 0 Å². The van der Waals surface area contributed by atoms with Gasteiger partial charge in [0.1, 0.15) is 5.84 Å². The first-order valence-corrected chi connectivity index (χ1v) is 11.5. The zero-order chi connectivity index (χ0) is 21.8. The van der Waals surface area contributed by atoms with E-state index in [4.69, 9.17) is 0 Å². The van der Waals surface area contributed by atoms with Crippen molar-refractivity contribution in [3.63, 3.8) is 0 Å². The first-order valence-electron chi connectivity index (χ1n) is 10.0. The van der Waals surface area contributed by atoms with E-state index in [1.807, 2.05) is 23.1 Å². The lowest BCUT2D eigenvalue weighted by molar-refractivity contribution is -0.128. The summed E-state index contributed by atoms with van der Waals surface area (Å²) in [7, 11) is -3.61. The summed E-state index contributed by atoms with van der Waals surface area (Å²) in [6.45, 7) is 1.01. The largest absolute Gasteiger partial charge is 0.362 e. The van der Waals surface area contributed by atoms with Crippen LogP contribution in [-0.2, 0) is 26.0 Å². The molecule has 2 amide bonds. The number of para-hydroxylation sites is 1. The number of aryl methyl sites for hydroxylation is 1. The number of fused-ring (bicyclic) bond motifs is 2. The Morgan fingerprint density at radius 3 is 2.65 bits per heavy atom. The molecule has 0 spiro atoms. The van der Waals surface area contributed by atoms with Gasteiger partial charge in [-0.25, -0.2) is 8.42 Å². The van der Waals surface area contributed by atoms with E-state index in [1.165, 1.54) is 11.6 Å². The van der Waals surface area contributed by atoms with Gasteiger partial charge in [-0.2, -0.15) is 0 Å². The van der Waals surface area contributed by atoms with Crippen LogP contribution in [0.3, 0.4) is 0 Å². The number of amidine groups is 1. The Morgan fingerprint density at radius 2 is 1.77 bits per heavy atom. The molecular formula is C21H23N5O4S. The summed E-state index contributed by atoms with van der Waals surface area (Å²) in [5.41, 5.74) is 7.56. The molecule has 2 aliphatic rings. The van der Waals surface area contributed by atoms with Crippen LogP contribution < -0.4 is 20.5 Å². The number of benzene rings is 2. The minimum absolute atomic E-state index is 0.000220. The van der Waals surface area contributed by atoms with Crippen molar-refractivity contribution in [2.75, 3.05) is 24.5 Å². The number of carbonyl (C=O) groups is 2. The number of aliphatic imine (C=N–C) groups is 1. The molecule has 2 aromatic carbocycles. The Morgan fingerprint density at radius 1 is 1.03 bits per heavy atom. The first-order chi connectivity index (χ1) is 14.9. The van der Waals surface area contributed by atoms with Gasteiger partial charge in [0.15, 0.2) is 0 Å². The Labute approximate surface area is 180 Å². The Hall–Kier alpha value is -3.40. The summed E-state index contributed by atoms with van der Waals surface area (Å²) >= 11 is 0. The zero-order valence-electron chi connectivity index (χ0n) is 16.8. The van der Waals surface area contributed by atoms with Crippen LogP contribution in [-0.4, -0.2) is 45.7 Å². The molecule has 3 N–H and O–H groups in total. The number of amides is 2. The van der Waals surface area contributed by atoms with E-state index in [9.17, 15) is 18.0 Å². The molecule has 2 aliphatic heterocycles. The average molecular weight is 442 g/mol. The maximum Gasteiger partial charge on any atom is 0.263 e. The number of sulfonamides is 1. The van der Waals surface area contributed by atoms with Crippen LogP contribution in [0.2, 0.25) is 0 Å². The zero-order valence-corrected chi connectivity index (χ0v) is 17.6. The minimum atomic E-state index is -3.61. The predicted molar refractivity (Wildman–Crippen MR) is 116 cm³/mol. The molecule has 0 bridgehead atoms. The second kappa shape index (κ2) is 8.76.